The Morgan fingerprint density at radius 2 is 2.29 bits per heavy atom. The van der Waals surface area contributed by atoms with E-state index in [2.05, 4.69) is 35.4 Å². The average molecular weight is 267 g/mol. The van der Waals surface area contributed by atoms with Crippen LogP contribution in [0, 0.1) is 5.92 Å². The van der Waals surface area contributed by atoms with E-state index in [1.54, 1.807) is 9.77 Å². The zero-order valence-electron chi connectivity index (χ0n) is 10.4. The molecule has 1 unspecified atom stereocenters. The maximum absolute atomic E-state index is 3.77. The summed E-state index contributed by atoms with van der Waals surface area (Å²) in [6, 6.07) is 2.93. The van der Waals surface area contributed by atoms with E-state index in [1.807, 2.05) is 11.3 Å². The number of thiophene rings is 1. The second-order valence-electron chi connectivity index (χ2n) is 5.42. The second-order valence-corrected chi connectivity index (χ2v) is 8.04. The van der Waals surface area contributed by atoms with Crippen molar-refractivity contribution in [1.29, 1.82) is 0 Å². The van der Waals surface area contributed by atoms with Gasteiger partial charge in [0.1, 0.15) is 0 Å². The minimum Gasteiger partial charge on any atom is -0.310 e. The van der Waals surface area contributed by atoms with Gasteiger partial charge in [0.25, 0.3) is 0 Å². The van der Waals surface area contributed by atoms with Crippen molar-refractivity contribution >= 4 is 23.1 Å². The zero-order valence-corrected chi connectivity index (χ0v) is 12.1. The molecule has 1 aliphatic heterocycles. The van der Waals surface area contributed by atoms with E-state index in [0.717, 1.165) is 11.2 Å². The van der Waals surface area contributed by atoms with Gasteiger partial charge in [-0.05, 0) is 48.7 Å². The summed E-state index contributed by atoms with van der Waals surface area (Å²) < 4.78 is 1.54. The number of hydrogen-bond donors (Lipinski definition) is 1. The first kappa shape index (κ1) is 12.1. The summed E-state index contributed by atoms with van der Waals surface area (Å²) in [4.78, 5) is 0. The second kappa shape index (κ2) is 5.33. The lowest BCUT2D eigenvalue weighted by atomic mass is 10.0. The highest BCUT2D eigenvalue weighted by Crippen LogP contribution is 2.43. The van der Waals surface area contributed by atoms with E-state index in [4.69, 9.17) is 0 Å². The van der Waals surface area contributed by atoms with Crippen LogP contribution in [0.1, 0.15) is 50.6 Å². The lowest BCUT2D eigenvalue weighted by Crippen LogP contribution is -2.27. The first-order valence-electron chi connectivity index (χ1n) is 6.80. The topological polar surface area (TPSA) is 12.0 Å². The number of fused-ring (bicyclic) bond motifs is 1. The Morgan fingerprint density at radius 1 is 1.41 bits per heavy atom. The summed E-state index contributed by atoms with van der Waals surface area (Å²) >= 11 is 3.96. The van der Waals surface area contributed by atoms with Crippen LogP contribution in [0.5, 0.6) is 0 Å². The molecule has 0 bridgehead atoms. The predicted molar refractivity (Wildman–Crippen MR) is 77.0 cm³/mol. The molecule has 1 N–H and O–H groups in total. The van der Waals surface area contributed by atoms with Crippen LogP contribution in [0.4, 0.5) is 0 Å². The molecule has 0 spiro atoms. The van der Waals surface area contributed by atoms with Gasteiger partial charge in [-0.15, -0.1) is 23.1 Å². The summed E-state index contributed by atoms with van der Waals surface area (Å²) in [6.45, 7) is 3.56. The highest BCUT2D eigenvalue weighted by molar-refractivity contribution is 8.01. The largest absolute Gasteiger partial charge is 0.310 e. The third kappa shape index (κ3) is 3.07. The molecule has 0 amide bonds. The van der Waals surface area contributed by atoms with Crippen molar-refractivity contribution in [2.75, 3.05) is 6.54 Å². The molecule has 94 valence electrons. The van der Waals surface area contributed by atoms with Gasteiger partial charge in [-0.3, -0.25) is 0 Å². The van der Waals surface area contributed by atoms with E-state index in [9.17, 15) is 0 Å². The minimum absolute atomic E-state index is 0.617. The molecule has 3 rings (SSSR count). The monoisotopic (exact) mass is 267 g/mol. The molecule has 1 aromatic heterocycles. The molecule has 1 fully saturated rings. The molecule has 2 atom stereocenters. The van der Waals surface area contributed by atoms with Crippen molar-refractivity contribution in [2.45, 2.75) is 54.5 Å². The average Bonchev–Trinajstić information content (AvgIpc) is 3.01. The fourth-order valence-corrected chi connectivity index (χ4v) is 5.18. The van der Waals surface area contributed by atoms with E-state index >= 15 is 0 Å². The summed E-state index contributed by atoms with van der Waals surface area (Å²) in [5.74, 6) is 1.08. The molecule has 1 saturated carbocycles. The van der Waals surface area contributed by atoms with Crippen LogP contribution in [-0.4, -0.2) is 11.8 Å². The molecular formula is C14H21NS2. The van der Waals surface area contributed by atoms with Crippen molar-refractivity contribution in [3.8, 4) is 0 Å². The molecule has 17 heavy (non-hydrogen) atoms. The Morgan fingerprint density at radius 3 is 3.12 bits per heavy atom. The van der Waals surface area contributed by atoms with Crippen molar-refractivity contribution in [3.05, 3.63) is 17.0 Å². The number of nitrogens with one attached hydrogen (secondary N) is 1. The van der Waals surface area contributed by atoms with Crippen molar-refractivity contribution < 1.29 is 0 Å². The number of thioether (sulfide) groups is 1. The first-order valence-corrected chi connectivity index (χ1v) is 8.56. The minimum atomic E-state index is 0.617. The number of rotatable bonds is 5. The third-order valence-corrected chi connectivity index (χ3v) is 6.13. The Kier molecular flexibility index (Phi) is 3.78. The normalized spacial score (nSPS) is 28.1. The van der Waals surface area contributed by atoms with Gasteiger partial charge in [0, 0.05) is 11.3 Å². The maximum Gasteiger partial charge on any atom is 0.0649 e. The van der Waals surface area contributed by atoms with Gasteiger partial charge < -0.3 is 5.32 Å². The van der Waals surface area contributed by atoms with Crippen molar-refractivity contribution in [1.82, 2.24) is 5.32 Å². The van der Waals surface area contributed by atoms with Crippen LogP contribution >= 0.6 is 23.1 Å². The van der Waals surface area contributed by atoms with E-state index in [0.29, 0.717) is 6.04 Å². The standard InChI is InChI=1S/C14H21NS2/c1-10-9-13(12-6-8-16-14(12)17-10)15-7-2-3-11-4-5-11/h6,8,10-11,13,15H,2-5,7,9H2,1H3/t10-,13?/m0/s1. The molecular weight excluding hydrogens is 246 g/mol. The summed E-state index contributed by atoms with van der Waals surface area (Å²) in [7, 11) is 0. The van der Waals surface area contributed by atoms with Gasteiger partial charge >= 0.3 is 0 Å². The highest BCUT2D eigenvalue weighted by Gasteiger charge is 2.26. The SMILES string of the molecule is C[C@H]1CC(NCCCC2CC2)c2ccsc2S1. The Balaban J connectivity index is 1.52. The lowest BCUT2D eigenvalue weighted by molar-refractivity contribution is 0.472. The van der Waals surface area contributed by atoms with Crippen LogP contribution < -0.4 is 5.32 Å². The van der Waals surface area contributed by atoms with Gasteiger partial charge in [-0.1, -0.05) is 19.8 Å². The summed E-state index contributed by atoms with van der Waals surface area (Å²) in [5.41, 5.74) is 1.56. The van der Waals surface area contributed by atoms with Crippen LogP contribution in [0.15, 0.2) is 15.7 Å². The fourth-order valence-electron chi connectivity index (χ4n) is 2.62. The van der Waals surface area contributed by atoms with Gasteiger partial charge in [-0.25, -0.2) is 0 Å². The van der Waals surface area contributed by atoms with Gasteiger partial charge in [0.15, 0.2) is 0 Å². The van der Waals surface area contributed by atoms with Crippen LogP contribution in [0.3, 0.4) is 0 Å². The quantitative estimate of drug-likeness (QED) is 0.791. The molecule has 0 saturated heterocycles. The van der Waals surface area contributed by atoms with E-state index < -0.39 is 0 Å². The van der Waals surface area contributed by atoms with Gasteiger partial charge in [0.2, 0.25) is 0 Å². The summed E-state index contributed by atoms with van der Waals surface area (Å²) in [6.07, 6.45) is 7.08. The lowest BCUT2D eigenvalue weighted by Gasteiger charge is -2.27. The molecule has 0 aromatic carbocycles. The molecule has 3 heteroatoms. The van der Waals surface area contributed by atoms with Crippen molar-refractivity contribution in [3.63, 3.8) is 0 Å². The maximum atomic E-state index is 3.77. The van der Waals surface area contributed by atoms with E-state index in [1.165, 1.54) is 38.6 Å². The molecule has 1 aromatic rings. The van der Waals surface area contributed by atoms with Crippen LogP contribution in [-0.2, 0) is 0 Å². The Labute approximate surface area is 112 Å². The zero-order chi connectivity index (χ0) is 11.7. The first-order chi connectivity index (χ1) is 8.33. The fraction of sp³-hybridized carbons (Fsp3) is 0.714. The molecule has 2 heterocycles. The Hall–Kier alpha value is 0.01000. The Bertz CT molecular complexity index is 370. The van der Waals surface area contributed by atoms with Crippen molar-refractivity contribution in [2.24, 2.45) is 5.92 Å². The van der Waals surface area contributed by atoms with Crippen LogP contribution in [0.25, 0.3) is 0 Å². The third-order valence-electron chi connectivity index (χ3n) is 3.79. The number of hydrogen-bond acceptors (Lipinski definition) is 3. The van der Waals surface area contributed by atoms with E-state index in [-0.39, 0.29) is 0 Å². The molecule has 1 aliphatic carbocycles. The van der Waals surface area contributed by atoms with Crippen LogP contribution in [0.2, 0.25) is 0 Å². The smallest absolute Gasteiger partial charge is 0.0649 e. The molecule has 2 aliphatic rings. The highest BCUT2D eigenvalue weighted by atomic mass is 32.2. The predicted octanol–water partition coefficient (Wildman–Crippen LogP) is 4.45. The molecule has 0 radical (unpaired) electrons. The van der Waals surface area contributed by atoms with Gasteiger partial charge in [0.05, 0.1) is 4.21 Å². The summed E-state index contributed by atoms with van der Waals surface area (Å²) in [5, 5.41) is 6.78. The molecule has 1 nitrogen and oxygen atoms in total. The van der Waals surface area contributed by atoms with Gasteiger partial charge in [-0.2, -0.15) is 0 Å².